The molecule has 1 heterocycles. The van der Waals surface area contributed by atoms with Crippen LogP contribution in [0.4, 0.5) is 0 Å². The Bertz CT molecular complexity index is 557. The quantitative estimate of drug-likeness (QED) is 0.939. The summed E-state index contributed by atoms with van der Waals surface area (Å²) in [5.41, 5.74) is 1.41. The van der Waals surface area contributed by atoms with Crippen LogP contribution in [0.15, 0.2) is 47.2 Å². The molecule has 0 bridgehead atoms. The minimum atomic E-state index is -0.226. The molecule has 3 nitrogen and oxygen atoms in total. The summed E-state index contributed by atoms with van der Waals surface area (Å²) in [6.45, 7) is 0.456. The molecule has 1 amide bonds. The Morgan fingerprint density at radius 3 is 2.67 bits per heavy atom. The molecule has 0 atom stereocenters. The second kappa shape index (κ2) is 5.98. The van der Waals surface area contributed by atoms with Crippen molar-refractivity contribution in [1.82, 2.24) is 10.3 Å². The van der Waals surface area contributed by atoms with Gasteiger partial charge in [0.05, 0.1) is 10.6 Å². The van der Waals surface area contributed by atoms with Crippen molar-refractivity contribution in [2.45, 2.75) is 6.54 Å². The van der Waals surface area contributed by atoms with Gasteiger partial charge in [0.1, 0.15) is 0 Å². The molecule has 0 fully saturated rings. The molecule has 0 aliphatic rings. The maximum absolute atomic E-state index is 11.9. The summed E-state index contributed by atoms with van der Waals surface area (Å²) >= 11 is 9.27. The first kappa shape index (κ1) is 13.1. The molecule has 0 radical (unpaired) electrons. The van der Waals surface area contributed by atoms with E-state index in [-0.39, 0.29) is 5.91 Å². The van der Waals surface area contributed by atoms with E-state index in [1.165, 1.54) is 6.20 Å². The van der Waals surface area contributed by atoms with Crippen LogP contribution >= 0.6 is 27.5 Å². The number of halogens is 2. The SMILES string of the molecule is O=C(NCc1ccc(Br)cc1)c1cnccc1Cl. The molecule has 0 spiro atoms. The number of aromatic nitrogens is 1. The highest BCUT2D eigenvalue weighted by molar-refractivity contribution is 9.10. The van der Waals surface area contributed by atoms with E-state index in [9.17, 15) is 4.79 Å². The van der Waals surface area contributed by atoms with E-state index in [0.29, 0.717) is 17.1 Å². The molecule has 0 aliphatic heterocycles. The number of hydrogen-bond donors (Lipinski definition) is 1. The largest absolute Gasteiger partial charge is 0.348 e. The summed E-state index contributed by atoms with van der Waals surface area (Å²) in [6.07, 6.45) is 3.01. The smallest absolute Gasteiger partial charge is 0.254 e. The van der Waals surface area contributed by atoms with Crippen molar-refractivity contribution in [1.29, 1.82) is 0 Å². The van der Waals surface area contributed by atoms with Crippen LogP contribution in [0.25, 0.3) is 0 Å². The first-order valence-corrected chi connectivity index (χ1v) is 6.46. The van der Waals surface area contributed by atoms with Gasteiger partial charge in [-0.2, -0.15) is 0 Å². The average molecular weight is 326 g/mol. The molecule has 18 heavy (non-hydrogen) atoms. The minimum Gasteiger partial charge on any atom is -0.348 e. The summed E-state index contributed by atoms with van der Waals surface area (Å²) in [5.74, 6) is -0.226. The number of nitrogens with zero attached hydrogens (tertiary/aromatic N) is 1. The second-order valence-corrected chi connectivity index (χ2v) is 4.99. The topological polar surface area (TPSA) is 42.0 Å². The zero-order valence-electron chi connectivity index (χ0n) is 9.36. The number of carbonyl (C=O) groups excluding carboxylic acids is 1. The Morgan fingerprint density at radius 2 is 2.00 bits per heavy atom. The predicted molar refractivity (Wildman–Crippen MR) is 74.6 cm³/mol. The van der Waals surface area contributed by atoms with E-state index in [1.54, 1.807) is 12.3 Å². The first-order chi connectivity index (χ1) is 8.66. The molecular weight excluding hydrogens is 316 g/mol. The van der Waals surface area contributed by atoms with Gasteiger partial charge in [-0.15, -0.1) is 0 Å². The van der Waals surface area contributed by atoms with E-state index in [2.05, 4.69) is 26.2 Å². The van der Waals surface area contributed by atoms with Crippen molar-refractivity contribution in [3.63, 3.8) is 0 Å². The summed E-state index contributed by atoms with van der Waals surface area (Å²) < 4.78 is 1.01. The van der Waals surface area contributed by atoms with Gasteiger partial charge < -0.3 is 5.32 Å². The Morgan fingerprint density at radius 1 is 1.28 bits per heavy atom. The third-order valence-corrected chi connectivity index (χ3v) is 3.24. The van der Waals surface area contributed by atoms with Gasteiger partial charge in [0.25, 0.3) is 5.91 Å². The Kier molecular flexibility index (Phi) is 4.33. The molecular formula is C13H10BrClN2O. The lowest BCUT2D eigenvalue weighted by Gasteiger charge is -2.06. The normalized spacial score (nSPS) is 10.1. The third kappa shape index (κ3) is 3.31. The van der Waals surface area contributed by atoms with Crippen LogP contribution in [-0.4, -0.2) is 10.9 Å². The summed E-state index contributed by atoms with van der Waals surface area (Å²) in [6, 6.07) is 9.33. The fourth-order valence-corrected chi connectivity index (χ4v) is 1.88. The van der Waals surface area contributed by atoms with Crippen molar-refractivity contribution in [2.24, 2.45) is 0 Å². The Labute approximate surface area is 118 Å². The van der Waals surface area contributed by atoms with Crippen molar-refractivity contribution >= 4 is 33.4 Å². The van der Waals surface area contributed by atoms with Gasteiger partial charge in [-0.05, 0) is 23.8 Å². The molecule has 5 heteroatoms. The van der Waals surface area contributed by atoms with Crippen LogP contribution in [-0.2, 0) is 6.54 Å². The summed E-state index contributed by atoms with van der Waals surface area (Å²) in [4.78, 5) is 15.7. The van der Waals surface area contributed by atoms with Crippen LogP contribution < -0.4 is 5.32 Å². The molecule has 1 aromatic heterocycles. The van der Waals surface area contributed by atoms with Crippen molar-refractivity contribution < 1.29 is 4.79 Å². The molecule has 92 valence electrons. The monoisotopic (exact) mass is 324 g/mol. The molecule has 1 aromatic carbocycles. The zero-order chi connectivity index (χ0) is 13.0. The van der Waals surface area contributed by atoms with E-state index in [4.69, 9.17) is 11.6 Å². The van der Waals surface area contributed by atoms with Gasteiger partial charge in [0, 0.05) is 23.4 Å². The van der Waals surface area contributed by atoms with Crippen molar-refractivity contribution in [3.8, 4) is 0 Å². The van der Waals surface area contributed by atoms with Gasteiger partial charge >= 0.3 is 0 Å². The molecule has 0 saturated heterocycles. The summed E-state index contributed by atoms with van der Waals surface area (Å²) in [5, 5.41) is 3.20. The highest BCUT2D eigenvalue weighted by Crippen LogP contribution is 2.14. The van der Waals surface area contributed by atoms with Gasteiger partial charge in [-0.3, -0.25) is 9.78 Å². The van der Waals surface area contributed by atoms with Gasteiger partial charge in [-0.1, -0.05) is 39.7 Å². The fraction of sp³-hybridized carbons (Fsp3) is 0.0769. The predicted octanol–water partition coefficient (Wildman–Crippen LogP) is 3.43. The number of carbonyl (C=O) groups is 1. The highest BCUT2D eigenvalue weighted by atomic mass is 79.9. The molecule has 0 unspecified atom stereocenters. The van der Waals surface area contributed by atoms with Gasteiger partial charge in [0.2, 0.25) is 0 Å². The third-order valence-electron chi connectivity index (χ3n) is 2.38. The van der Waals surface area contributed by atoms with Gasteiger partial charge in [-0.25, -0.2) is 0 Å². The number of rotatable bonds is 3. The number of amides is 1. The van der Waals surface area contributed by atoms with Crippen LogP contribution in [0, 0.1) is 0 Å². The number of pyridine rings is 1. The van der Waals surface area contributed by atoms with E-state index in [1.807, 2.05) is 24.3 Å². The van der Waals surface area contributed by atoms with E-state index in [0.717, 1.165) is 10.0 Å². The molecule has 1 N–H and O–H groups in total. The Balaban J connectivity index is 2.01. The average Bonchev–Trinajstić information content (AvgIpc) is 2.38. The fourth-order valence-electron chi connectivity index (χ4n) is 1.42. The maximum atomic E-state index is 11.9. The first-order valence-electron chi connectivity index (χ1n) is 5.29. The number of nitrogens with one attached hydrogen (secondary N) is 1. The highest BCUT2D eigenvalue weighted by Gasteiger charge is 2.09. The van der Waals surface area contributed by atoms with Crippen molar-refractivity contribution in [3.05, 3.63) is 63.3 Å². The summed E-state index contributed by atoms with van der Waals surface area (Å²) in [7, 11) is 0. The zero-order valence-corrected chi connectivity index (χ0v) is 11.7. The minimum absolute atomic E-state index is 0.226. The van der Waals surface area contributed by atoms with Crippen molar-refractivity contribution in [2.75, 3.05) is 0 Å². The number of hydrogen-bond acceptors (Lipinski definition) is 2. The molecule has 0 aliphatic carbocycles. The lowest BCUT2D eigenvalue weighted by Crippen LogP contribution is -2.23. The lowest BCUT2D eigenvalue weighted by molar-refractivity contribution is 0.0950. The van der Waals surface area contributed by atoms with Crippen LogP contribution in [0.5, 0.6) is 0 Å². The molecule has 2 aromatic rings. The molecule has 0 saturated carbocycles. The number of benzene rings is 1. The van der Waals surface area contributed by atoms with E-state index < -0.39 is 0 Å². The lowest BCUT2D eigenvalue weighted by atomic mass is 10.2. The standard InChI is InChI=1S/C13H10BrClN2O/c14-10-3-1-9(2-4-10)7-17-13(18)11-8-16-6-5-12(11)15/h1-6,8H,7H2,(H,17,18). The Hall–Kier alpha value is -1.39. The van der Waals surface area contributed by atoms with Crippen LogP contribution in [0.1, 0.15) is 15.9 Å². The van der Waals surface area contributed by atoms with Crippen LogP contribution in [0.3, 0.4) is 0 Å². The van der Waals surface area contributed by atoms with Gasteiger partial charge in [0.15, 0.2) is 0 Å². The van der Waals surface area contributed by atoms with E-state index >= 15 is 0 Å². The molecule has 2 rings (SSSR count). The second-order valence-electron chi connectivity index (χ2n) is 3.66. The van der Waals surface area contributed by atoms with Crippen LogP contribution in [0.2, 0.25) is 5.02 Å². The maximum Gasteiger partial charge on any atom is 0.254 e.